The van der Waals surface area contributed by atoms with Crippen LogP contribution in [0.1, 0.15) is 18.8 Å². The largest absolute Gasteiger partial charge is 0.378 e. The molecular formula is C10H14ClN9O. The molecule has 1 fully saturated rings. The zero-order chi connectivity index (χ0) is 14.7. The Morgan fingerprint density at radius 3 is 2.81 bits per heavy atom. The molecule has 1 atom stereocenters. The van der Waals surface area contributed by atoms with Crippen LogP contribution in [0, 0.1) is 0 Å². The summed E-state index contributed by atoms with van der Waals surface area (Å²) in [4.78, 5) is 14.6. The highest BCUT2D eigenvalue weighted by Gasteiger charge is 2.18. The normalized spacial score (nSPS) is 16.8. The first-order valence-corrected chi connectivity index (χ1v) is 6.84. The molecule has 3 rings (SSSR count). The Bertz CT molecular complexity index is 586. The summed E-state index contributed by atoms with van der Waals surface area (Å²) in [6.45, 7) is 4.61. The molecule has 0 radical (unpaired) electrons. The quantitative estimate of drug-likeness (QED) is 0.807. The van der Waals surface area contributed by atoms with E-state index in [0.29, 0.717) is 30.9 Å². The van der Waals surface area contributed by atoms with Gasteiger partial charge >= 0.3 is 0 Å². The van der Waals surface area contributed by atoms with Crippen molar-refractivity contribution in [2.24, 2.45) is 0 Å². The van der Waals surface area contributed by atoms with Crippen LogP contribution in [0.15, 0.2) is 0 Å². The number of nitrogens with zero attached hydrogens (tertiary/aromatic N) is 7. The minimum atomic E-state index is -0.209. The van der Waals surface area contributed by atoms with Crippen molar-refractivity contribution in [2.45, 2.75) is 13.0 Å². The van der Waals surface area contributed by atoms with Gasteiger partial charge in [0.1, 0.15) is 0 Å². The van der Waals surface area contributed by atoms with Crippen LogP contribution in [0.25, 0.3) is 0 Å². The minimum absolute atomic E-state index is 0.134. The molecule has 112 valence electrons. The summed E-state index contributed by atoms with van der Waals surface area (Å²) in [7, 11) is 0. The summed E-state index contributed by atoms with van der Waals surface area (Å²) >= 11 is 5.97. The third-order valence-electron chi connectivity index (χ3n) is 2.98. The number of aromatic amines is 1. The highest BCUT2D eigenvalue weighted by atomic mass is 35.5. The van der Waals surface area contributed by atoms with Gasteiger partial charge in [-0.1, -0.05) is 5.21 Å². The molecule has 2 N–H and O–H groups in total. The van der Waals surface area contributed by atoms with Crippen LogP contribution in [0.4, 0.5) is 11.9 Å². The fraction of sp³-hybridized carbons (Fsp3) is 0.600. The third kappa shape index (κ3) is 3.34. The molecule has 2 aromatic heterocycles. The zero-order valence-corrected chi connectivity index (χ0v) is 12.1. The van der Waals surface area contributed by atoms with E-state index in [1.54, 1.807) is 0 Å². The number of H-pyrrole nitrogens is 1. The standard InChI is InChI=1S/C10H14ClN9O/c1-6(7-16-18-19-17-7)12-9-13-8(11)14-10(15-9)20-2-4-21-5-3-20/h6H,2-5H2,1H3,(H,12,13,14,15)(H,16,17,18,19). The first-order valence-electron chi connectivity index (χ1n) is 6.46. The molecule has 11 heteroatoms. The molecule has 0 aliphatic carbocycles. The van der Waals surface area contributed by atoms with Crippen molar-refractivity contribution in [3.63, 3.8) is 0 Å². The lowest BCUT2D eigenvalue weighted by Crippen LogP contribution is -2.37. The average molecular weight is 312 g/mol. The molecule has 0 amide bonds. The molecule has 0 bridgehead atoms. The molecule has 1 unspecified atom stereocenters. The van der Waals surface area contributed by atoms with Crippen LogP contribution >= 0.6 is 11.6 Å². The molecule has 1 saturated heterocycles. The minimum Gasteiger partial charge on any atom is -0.378 e. The third-order valence-corrected chi connectivity index (χ3v) is 3.15. The Morgan fingerprint density at radius 2 is 2.10 bits per heavy atom. The smallest absolute Gasteiger partial charge is 0.231 e. The second kappa shape index (κ2) is 6.14. The van der Waals surface area contributed by atoms with E-state index >= 15 is 0 Å². The molecule has 0 spiro atoms. The summed E-state index contributed by atoms with van der Waals surface area (Å²) in [5.74, 6) is 1.41. The fourth-order valence-electron chi connectivity index (χ4n) is 1.92. The first-order chi connectivity index (χ1) is 10.2. The maximum atomic E-state index is 5.97. The lowest BCUT2D eigenvalue weighted by molar-refractivity contribution is 0.122. The van der Waals surface area contributed by atoms with Gasteiger partial charge in [-0.25, -0.2) is 0 Å². The maximum Gasteiger partial charge on any atom is 0.231 e. The molecule has 0 saturated carbocycles. The van der Waals surface area contributed by atoms with Crippen molar-refractivity contribution in [1.82, 2.24) is 35.6 Å². The van der Waals surface area contributed by atoms with E-state index in [1.807, 2.05) is 11.8 Å². The van der Waals surface area contributed by atoms with Gasteiger partial charge in [0.05, 0.1) is 19.3 Å². The van der Waals surface area contributed by atoms with Crippen LogP contribution in [0.3, 0.4) is 0 Å². The topological polar surface area (TPSA) is 118 Å². The summed E-state index contributed by atoms with van der Waals surface area (Å²) in [5, 5.41) is 16.9. The highest BCUT2D eigenvalue weighted by molar-refractivity contribution is 6.28. The van der Waals surface area contributed by atoms with E-state index in [1.165, 1.54) is 0 Å². The van der Waals surface area contributed by atoms with Gasteiger partial charge < -0.3 is 15.0 Å². The molecule has 10 nitrogen and oxygen atoms in total. The zero-order valence-electron chi connectivity index (χ0n) is 11.3. The van der Waals surface area contributed by atoms with Gasteiger partial charge in [0, 0.05) is 13.1 Å². The van der Waals surface area contributed by atoms with E-state index in [-0.39, 0.29) is 11.3 Å². The van der Waals surface area contributed by atoms with Crippen LogP contribution in [-0.2, 0) is 4.74 Å². The van der Waals surface area contributed by atoms with Gasteiger partial charge in [-0.2, -0.15) is 20.2 Å². The van der Waals surface area contributed by atoms with E-state index in [2.05, 4.69) is 40.9 Å². The second-order valence-corrected chi connectivity index (χ2v) is 4.80. The van der Waals surface area contributed by atoms with E-state index in [4.69, 9.17) is 16.3 Å². The molecule has 1 aliphatic heterocycles. The van der Waals surface area contributed by atoms with Crippen molar-refractivity contribution in [3.05, 3.63) is 11.1 Å². The lowest BCUT2D eigenvalue weighted by atomic mass is 10.3. The molecule has 0 aromatic carbocycles. The summed E-state index contributed by atoms with van der Waals surface area (Å²) in [6.07, 6.45) is 0. The van der Waals surface area contributed by atoms with Gasteiger partial charge in [-0.05, 0) is 18.5 Å². The average Bonchev–Trinajstić information content (AvgIpc) is 3.02. The summed E-state index contributed by atoms with van der Waals surface area (Å²) in [5.41, 5.74) is 0. The van der Waals surface area contributed by atoms with Crippen LogP contribution in [-0.4, -0.2) is 61.9 Å². The van der Waals surface area contributed by atoms with Gasteiger partial charge in [0.15, 0.2) is 5.82 Å². The second-order valence-electron chi connectivity index (χ2n) is 4.46. The molecule has 2 aromatic rings. The number of aromatic nitrogens is 7. The lowest BCUT2D eigenvalue weighted by Gasteiger charge is -2.26. The van der Waals surface area contributed by atoms with E-state index in [9.17, 15) is 0 Å². The number of anilines is 2. The van der Waals surface area contributed by atoms with Crippen LogP contribution < -0.4 is 10.2 Å². The number of hydrogen-bond acceptors (Lipinski definition) is 9. The summed E-state index contributed by atoms with van der Waals surface area (Å²) < 4.78 is 5.31. The number of nitrogens with one attached hydrogen (secondary N) is 2. The Balaban J connectivity index is 1.77. The van der Waals surface area contributed by atoms with Gasteiger partial charge in [0.25, 0.3) is 0 Å². The Morgan fingerprint density at radius 1 is 1.29 bits per heavy atom. The molecule has 1 aliphatic rings. The molecule has 3 heterocycles. The maximum absolute atomic E-state index is 5.97. The number of hydrogen-bond donors (Lipinski definition) is 2. The number of halogens is 1. The monoisotopic (exact) mass is 311 g/mol. The number of morpholine rings is 1. The van der Waals surface area contributed by atoms with Crippen molar-refractivity contribution in [1.29, 1.82) is 0 Å². The number of ether oxygens (including phenoxy) is 1. The molecule has 21 heavy (non-hydrogen) atoms. The van der Waals surface area contributed by atoms with Gasteiger partial charge in [0.2, 0.25) is 17.2 Å². The van der Waals surface area contributed by atoms with Gasteiger partial charge in [-0.3, -0.25) is 0 Å². The van der Waals surface area contributed by atoms with Crippen LogP contribution in [0.5, 0.6) is 0 Å². The predicted molar refractivity (Wildman–Crippen MR) is 74.1 cm³/mol. The predicted octanol–water partition coefficient (Wildman–Crippen LogP) is 0.0478. The molecular weight excluding hydrogens is 298 g/mol. The SMILES string of the molecule is CC(Nc1nc(Cl)nc(N2CCOCC2)n1)c1nn[nH]n1. The summed E-state index contributed by atoms with van der Waals surface area (Å²) in [6, 6.07) is -0.209. The Labute approximate surface area is 125 Å². The number of tetrazole rings is 1. The Hall–Kier alpha value is -2.07. The van der Waals surface area contributed by atoms with Crippen molar-refractivity contribution < 1.29 is 4.74 Å². The Kier molecular flexibility index (Phi) is 4.06. The fourth-order valence-corrected chi connectivity index (χ4v) is 2.08. The van der Waals surface area contributed by atoms with Crippen molar-refractivity contribution in [3.8, 4) is 0 Å². The number of rotatable bonds is 4. The van der Waals surface area contributed by atoms with E-state index < -0.39 is 0 Å². The van der Waals surface area contributed by atoms with Crippen molar-refractivity contribution in [2.75, 3.05) is 36.5 Å². The van der Waals surface area contributed by atoms with E-state index in [0.717, 1.165) is 13.1 Å². The highest BCUT2D eigenvalue weighted by Crippen LogP contribution is 2.18. The van der Waals surface area contributed by atoms with Crippen molar-refractivity contribution >= 4 is 23.5 Å². The van der Waals surface area contributed by atoms with Gasteiger partial charge in [-0.15, -0.1) is 10.2 Å². The first kappa shape index (κ1) is 13.9. The van der Waals surface area contributed by atoms with Crippen LogP contribution in [0.2, 0.25) is 5.28 Å².